The third-order valence-corrected chi connectivity index (χ3v) is 2.74. The van der Waals surface area contributed by atoms with Gasteiger partial charge in [0.15, 0.2) is 0 Å². The van der Waals surface area contributed by atoms with Crippen LogP contribution >= 0.6 is 12.6 Å². The fourth-order valence-corrected chi connectivity index (χ4v) is 0.951. The number of carbonyl (C=O) groups is 1. The normalized spacial score (nSPS) is 11.1. The minimum absolute atomic E-state index is 0.0290. The minimum Gasteiger partial charge on any atom is -0.325 e. The standard InChI is InChI=1S/C10H14N2OS/c1-10(2,7-14)9(13)12-8-3-5-11-6-4-8/h3-6,14H,7H2,1-2H3,(H,11,12,13). The van der Waals surface area contributed by atoms with Gasteiger partial charge in [0.2, 0.25) is 5.91 Å². The predicted molar refractivity (Wildman–Crippen MR) is 60.5 cm³/mol. The Bertz CT molecular complexity index is 311. The van der Waals surface area contributed by atoms with Crippen molar-refractivity contribution in [1.29, 1.82) is 0 Å². The molecule has 14 heavy (non-hydrogen) atoms. The van der Waals surface area contributed by atoms with E-state index >= 15 is 0 Å². The summed E-state index contributed by atoms with van der Waals surface area (Å²) in [6, 6.07) is 3.51. The Hall–Kier alpha value is -1.03. The van der Waals surface area contributed by atoms with Crippen LogP contribution < -0.4 is 5.32 Å². The molecule has 1 rings (SSSR count). The van der Waals surface area contributed by atoms with Crippen molar-refractivity contribution < 1.29 is 4.79 Å². The molecule has 0 unspecified atom stereocenters. The zero-order chi connectivity index (χ0) is 10.6. The summed E-state index contributed by atoms with van der Waals surface area (Å²) in [4.78, 5) is 15.6. The van der Waals surface area contributed by atoms with E-state index in [9.17, 15) is 4.79 Å². The maximum absolute atomic E-state index is 11.7. The van der Waals surface area contributed by atoms with Crippen LogP contribution in [-0.4, -0.2) is 16.6 Å². The van der Waals surface area contributed by atoms with Crippen LogP contribution in [-0.2, 0) is 4.79 Å². The van der Waals surface area contributed by atoms with E-state index in [1.54, 1.807) is 24.5 Å². The molecule has 1 amide bonds. The highest BCUT2D eigenvalue weighted by Crippen LogP contribution is 2.19. The molecule has 3 nitrogen and oxygen atoms in total. The van der Waals surface area contributed by atoms with Gasteiger partial charge in [0.25, 0.3) is 0 Å². The Morgan fingerprint density at radius 1 is 1.50 bits per heavy atom. The van der Waals surface area contributed by atoms with Crippen molar-refractivity contribution in [2.24, 2.45) is 5.41 Å². The lowest BCUT2D eigenvalue weighted by atomic mass is 9.95. The van der Waals surface area contributed by atoms with Gasteiger partial charge in [0.1, 0.15) is 0 Å². The monoisotopic (exact) mass is 210 g/mol. The van der Waals surface area contributed by atoms with Crippen LogP contribution in [0, 0.1) is 5.41 Å². The topological polar surface area (TPSA) is 42.0 Å². The number of thiol groups is 1. The predicted octanol–water partition coefficient (Wildman–Crippen LogP) is 1.98. The summed E-state index contributed by atoms with van der Waals surface area (Å²) in [5.41, 5.74) is 0.312. The number of pyridine rings is 1. The molecule has 0 atom stereocenters. The van der Waals surface area contributed by atoms with E-state index in [4.69, 9.17) is 0 Å². The van der Waals surface area contributed by atoms with Crippen molar-refractivity contribution in [3.8, 4) is 0 Å². The van der Waals surface area contributed by atoms with Crippen LogP contribution in [0.3, 0.4) is 0 Å². The summed E-state index contributed by atoms with van der Waals surface area (Å²) in [5, 5.41) is 2.81. The summed E-state index contributed by atoms with van der Waals surface area (Å²) in [6.07, 6.45) is 3.28. The van der Waals surface area contributed by atoms with Crippen molar-refractivity contribution >= 4 is 24.2 Å². The van der Waals surface area contributed by atoms with Gasteiger partial charge >= 0.3 is 0 Å². The number of hydrogen-bond donors (Lipinski definition) is 2. The largest absolute Gasteiger partial charge is 0.325 e. The average molecular weight is 210 g/mol. The number of hydrogen-bond acceptors (Lipinski definition) is 3. The van der Waals surface area contributed by atoms with Crippen LogP contribution in [0.4, 0.5) is 5.69 Å². The molecule has 1 N–H and O–H groups in total. The summed E-state index contributed by atoms with van der Waals surface area (Å²) in [7, 11) is 0. The first kappa shape index (κ1) is 11.0. The van der Waals surface area contributed by atoms with E-state index in [1.807, 2.05) is 13.8 Å². The quantitative estimate of drug-likeness (QED) is 0.749. The number of nitrogens with zero attached hydrogens (tertiary/aromatic N) is 1. The molecule has 0 aromatic carbocycles. The van der Waals surface area contributed by atoms with Crippen LogP contribution in [0.1, 0.15) is 13.8 Å². The number of amides is 1. The lowest BCUT2D eigenvalue weighted by Crippen LogP contribution is -2.32. The van der Waals surface area contributed by atoms with Gasteiger partial charge in [-0.2, -0.15) is 12.6 Å². The number of rotatable bonds is 3. The highest BCUT2D eigenvalue weighted by atomic mass is 32.1. The lowest BCUT2D eigenvalue weighted by molar-refractivity contribution is -0.122. The molecular formula is C10H14N2OS. The molecule has 0 bridgehead atoms. The molecule has 0 saturated carbocycles. The highest BCUT2D eigenvalue weighted by molar-refractivity contribution is 7.80. The first-order valence-corrected chi connectivity index (χ1v) is 5.02. The van der Waals surface area contributed by atoms with Crippen molar-refractivity contribution in [3.63, 3.8) is 0 Å². The Kier molecular flexibility index (Phi) is 3.52. The Balaban J connectivity index is 2.67. The van der Waals surface area contributed by atoms with Gasteiger partial charge in [-0.15, -0.1) is 0 Å². The summed E-state index contributed by atoms with van der Waals surface area (Å²) in [5.74, 6) is 0.489. The number of aromatic nitrogens is 1. The van der Waals surface area contributed by atoms with Gasteiger partial charge in [0.05, 0.1) is 5.41 Å². The maximum Gasteiger partial charge on any atom is 0.230 e. The number of anilines is 1. The van der Waals surface area contributed by atoms with Crippen LogP contribution in [0.15, 0.2) is 24.5 Å². The fourth-order valence-electron chi connectivity index (χ4n) is 0.807. The Morgan fingerprint density at radius 2 is 2.07 bits per heavy atom. The third-order valence-electron chi connectivity index (χ3n) is 1.95. The number of carbonyl (C=O) groups excluding carboxylic acids is 1. The lowest BCUT2D eigenvalue weighted by Gasteiger charge is -2.20. The molecule has 4 heteroatoms. The first-order valence-electron chi connectivity index (χ1n) is 4.38. The van der Waals surface area contributed by atoms with E-state index < -0.39 is 5.41 Å². The molecule has 0 aliphatic heterocycles. The Labute approximate surface area is 89.3 Å². The molecule has 0 spiro atoms. The summed E-state index contributed by atoms with van der Waals surface area (Å²) in [6.45, 7) is 3.72. The van der Waals surface area contributed by atoms with E-state index in [0.29, 0.717) is 5.75 Å². The Morgan fingerprint density at radius 3 is 2.57 bits per heavy atom. The molecule has 1 heterocycles. The van der Waals surface area contributed by atoms with E-state index in [0.717, 1.165) is 5.69 Å². The second-order valence-corrected chi connectivity index (χ2v) is 4.05. The molecule has 0 saturated heterocycles. The maximum atomic E-state index is 11.7. The average Bonchev–Trinajstić information content (AvgIpc) is 2.19. The van der Waals surface area contributed by atoms with E-state index in [2.05, 4.69) is 22.9 Å². The second kappa shape index (κ2) is 4.46. The minimum atomic E-state index is -0.452. The number of nitrogens with one attached hydrogen (secondary N) is 1. The molecular weight excluding hydrogens is 196 g/mol. The molecule has 0 radical (unpaired) electrons. The molecule has 1 aromatic heterocycles. The zero-order valence-electron chi connectivity index (χ0n) is 8.32. The van der Waals surface area contributed by atoms with Crippen LogP contribution in [0.2, 0.25) is 0 Å². The van der Waals surface area contributed by atoms with Crippen LogP contribution in [0.5, 0.6) is 0 Å². The fraction of sp³-hybridized carbons (Fsp3) is 0.400. The van der Waals surface area contributed by atoms with Crippen LogP contribution in [0.25, 0.3) is 0 Å². The zero-order valence-corrected chi connectivity index (χ0v) is 9.21. The van der Waals surface area contributed by atoms with Gasteiger partial charge < -0.3 is 5.32 Å². The van der Waals surface area contributed by atoms with Crippen molar-refractivity contribution in [2.45, 2.75) is 13.8 Å². The molecule has 76 valence electrons. The van der Waals surface area contributed by atoms with Gasteiger partial charge in [-0.1, -0.05) is 13.8 Å². The van der Waals surface area contributed by atoms with Gasteiger partial charge in [-0.3, -0.25) is 9.78 Å². The van der Waals surface area contributed by atoms with Gasteiger partial charge in [0, 0.05) is 23.8 Å². The molecule has 0 aliphatic carbocycles. The second-order valence-electron chi connectivity index (χ2n) is 3.73. The summed E-state index contributed by atoms with van der Waals surface area (Å²) < 4.78 is 0. The SMILES string of the molecule is CC(C)(CS)C(=O)Nc1ccncc1. The van der Waals surface area contributed by atoms with Gasteiger partial charge in [-0.05, 0) is 12.1 Å². The summed E-state index contributed by atoms with van der Waals surface area (Å²) >= 11 is 4.13. The first-order chi connectivity index (χ1) is 6.56. The van der Waals surface area contributed by atoms with Crippen molar-refractivity contribution in [2.75, 3.05) is 11.1 Å². The van der Waals surface area contributed by atoms with E-state index in [-0.39, 0.29) is 5.91 Å². The highest BCUT2D eigenvalue weighted by Gasteiger charge is 2.25. The van der Waals surface area contributed by atoms with Crippen molar-refractivity contribution in [3.05, 3.63) is 24.5 Å². The molecule has 0 aliphatic rings. The molecule has 1 aromatic rings. The third kappa shape index (κ3) is 2.73. The molecule has 0 fully saturated rings. The smallest absolute Gasteiger partial charge is 0.230 e. The van der Waals surface area contributed by atoms with Gasteiger partial charge in [-0.25, -0.2) is 0 Å². The van der Waals surface area contributed by atoms with Crippen molar-refractivity contribution in [1.82, 2.24) is 4.98 Å². The van der Waals surface area contributed by atoms with E-state index in [1.165, 1.54) is 0 Å².